The van der Waals surface area contributed by atoms with Crippen molar-refractivity contribution in [2.45, 2.75) is 25.6 Å². The average Bonchev–Trinajstić information content (AvgIpc) is 3.01. The number of hydrogen-bond donors (Lipinski definition) is 0. The average molecular weight is 237 g/mol. The number of nitrogens with zero attached hydrogens (tertiary/aromatic N) is 1. The van der Waals surface area contributed by atoms with Gasteiger partial charge in [0, 0.05) is 25.6 Å². The summed E-state index contributed by atoms with van der Waals surface area (Å²) in [6, 6.07) is 0. The van der Waals surface area contributed by atoms with Gasteiger partial charge in [-0.05, 0) is 12.8 Å². The third-order valence-electron chi connectivity index (χ3n) is 2.92. The first-order valence-electron chi connectivity index (χ1n) is 6.21. The van der Waals surface area contributed by atoms with Crippen LogP contribution in [-0.2, 0) is 14.3 Å². The highest BCUT2D eigenvalue weighted by atomic mass is 16.7. The number of allylic oxidation sites excluding steroid dienone is 2. The van der Waals surface area contributed by atoms with E-state index < -0.39 is 0 Å². The maximum absolute atomic E-state index is 11.6. The lowest BCUT2D eigenvalue weighted by Crippen LogP contribution is -2.25. The Morgan fingerprint density at radius 2 is 1.88 bits per heavy atom. The molecule has 0 saturated carbocycles. The molecule has 0 aromatic rings. The van der Waals surface area contributed by atoms with E-state index in [0.717, 1.165) is 32.4 Å². The minimum atomic E-state index is -0.103. The molecule has 4 nitrogen and oxygen atoms in total. The molecule has 17 heavy (non-hydrogen) atoms. The first-order valence-corrected chi connectivity index (χ1v) is 6.21. The molecule has 2 saturated heterocycles. The molecule has 0 radical (unpaired) electrons. The zero-order valence-electron chi connectivity index (χ0n) is 10.0. The molecular weight excluding hydrogens is 218 g/mol. The minimum absolute atomic E-state index is 0.103. The number of carbonyl (C=O) groups excluding carboxylic acids is 1. The summed E-state index contributed by atoms with van der Waals surface area (Å²) in [4.78, 5) is 13.5. The second kappa shape index (κ2) is 6.57. The SMILES string of the molecule is O=C(/C=C/C=C/CC1OCCO1)N1CCCC1. The quantitative estimate of drug-likeness (QED) is 0.549. The summed E-state index contributed by atoms with van der Waals surface area (Å²) in [5, 5.41) is 0. The topological polar surface area (TPSA) is 38.8 Å². The van der Waals surface area contributed by atoms with Crippen LogP contribution in [0.2, 0.25) is 0 Å². The van der Waals surface area contributed by atoms with E-state index >= 15 is 0 Å². The molecular formula is C13H19NO3. The molecule has 94 valence electrons. The largest absolute Gasteiger partial charge is 0.350 e. The lowest BCUT2D eigenvalue weighted by molar-refractivity contribution is -0.124. The fourth-order valence-corrected chi connectivity index (χ4v) is 1.99. The fourth-order valence-electron chi connectivity index (χ4n) is 1.99. The Morgan fingerprint density at radius 3 is 2.59 bits per heavy atom. The second-order valence-corrected chi connectivity index (χ2v) is 4.23. The molecule has 4 heteroatoms. The standard InChI is InChI=1S/C13H19NO3/c15-12(14-8-4-5-9-14)6-2-1-3-7-13-16-10-11-17-13/h1-3,6,13H,4-5,7-11H2/b3-1+,6-2+. The molecule has 0 bridgehead atoms. The van der Waals surface area contributed by atoms with Crippen LogP contribution in [0.1, 0.15) is 19.3 Å². The van der Waals surface area contributed by atoms with Crippen LogP contribution in [0.25, 0.3) is 0 Å². The smallest absolute Gasteiger partial charge is 0.246 e. The monoisotopic (exact) mass is 237 g/mol. The first kappa shape index (κ1) is 12.3. The van der Waals surface area contributed by atoms with Gasteiger partial charge in [-0.25, -0.2) is 0 Å². The van der Waals surface area contributed by atoms with Crippen molar-refractivity contribution in [3.05, 3.63) is 24.3 Å². The lowest BCUT2D eigenvalue weighted by atomic mass is 10.3. The third kappa shape index (κ3) is 3.98. The summed E-state index contributed by atoms with van der Waals surface area (Å²) in [6.45, 7) is 3.16. The highest BCUT2D eigenvalue weighted by Crippen LogP contribution is 2.09. The molecule has 0 aliphatic carbocycles. The molecule has 0 aromatic carbocycles. The van der Waals surface area contributed by atoms with Gasteiger partial charge in [0.15, 0.2) is 6.29 Å². The summed E-state index contributed by atoms with van der Waals surface area (Å²) in [5.41, 5.74) is 0. The summed E-state index contributed by atoms with van der Waals surface area (Å²) in [6.07, 6.45) is 10.1. The van der Waals surface area contributed by atoms with Crippen LogP contribution in [0.5, 0.6) is 0 Å². The van der Waals surface area contributed by atoms with Crippen molar-refractivity contribution < 1.29 is 14.3 Å². The Balaban J connectivity index is 1.65. The van der Waals surface area contributed by atoms with E-state index in [1.807, 2.05) is 17.1 Å². The van der Waals surface area contributed by atoms with Crippen LogP contribution < -0.4 is 0 Å². The number of amides is 1. The second-order valence-electron chi connectivity index (χ2n) is 4.23. The van der Waals surface area contributed by atoms with Crippen molar-refractivity contribution in [1.29, 1.82) is 0 Å². The van der Waals surface area contributed by atoms with Crippen LogP contribution in [0, 0.1) is 0 Å². The van der Waals surface area contributed by atoms with Gasteiger partial charge in [0.2, 0.25) is 5.91 Å². The van der Waals surface area contributed by atoms with Crippen molar-refractivity contribution in [3.63, 3.8) is 0 Å². The predicted molar refractivity (Wildman–Crippen MR) is 64.4 cm³/mol. The molecule has 2 heterocycles. The maximum atomic E-state index is 11.6. The molecule has 0 N–H and O–H groups in total. The van der Waals surface area contributed by atoms with E-state index in [-0.39, 0.29) is 12.2 Å². The van der Waals surface area contributed by atoms with E-state index in [9.17, 15) is 4.79 Å². The first-order chi connectivity index (χ1) is 8.36. The summed E-state index contributed by atoms with van der Waals surface area (Å²) in [5.74, 6) is 0.112. The minimum Gasteiger partial charge on any atom is -0.350 e. The van der Waals surface area contributed by atoms with E-state index in [4.69, 9.17) is 9.47 Å². The van der Waals surface area contributed by atoms with E-state index in [2.05, 4.69) is 0 Å². The van der Waals surface area contributed by atoms with Gasteiger partial charge in [-0.1, -0.05) is 18.2 Å². The van der Waals surface area contributed by atoms with Gasteiger partial charge < -0.3 is 14.4 Å². The highest BCUT2D eigenvalue weighted by molar-refractivity contribution is 5.88. The lowest BCUT2D eigenvalue weighted by Gasteiger charge is -2.11. The number of hydrogen-bond acceptors (Lipinski definition) is 3. The molecule has 0 aromatic heterocycles. The van der Waals surface area contributed by atoms with Crippen LogP contribution in [-0.4, -0.2) is 43.4 Å². The Hall–Kier alpha value is -1.13. The Bertz CT molecular complexity index is 300. The Kier molecular flexibility index (Phi) is 4.76. The molecule has 1 amide bonds. The number of carbonyl (C=O) groups is 1. The summed E-state index contributed by atoms with van der Waals surface area (Å²) >= 11 is 0. The molecule has 0 atom stereocenters. The van der Waals surface area contributed by atoms with Crippen molar-refractivity contribution in [1.82, 2.24) is 4.90 Å². The van der Waals surface area contributed by atoms with Crippen LogP contribution in [0.4, 0.5) is 0 Å². The Labute approximate surface area is 102 Å². The van der Waals surface area contributed by atoms with Gasteiger partial charge in [0.25, 0.3) is 0 Å². The van der Waals surface area contributed by atoms with E-state index in [1.54, 1.807) is 12.2 Å². The summed E-state index contributed by atoms with van der Waals surface area (Å²) < 4.78 is 10.6. The molecule has 2 rings (SSSR count). The van der Waals surface area contributed by atoms with Crippen LogP contribution in [0.15, 0.2) is 24.3 Å². The van der Waals surface area contributed by atoms with Crippen molar-refractivity contribution in [3.8, 4) is 0 Å². The number of likely N-dealkylation sites (tertiary alicyclic amines) is 1. The van der Waals surface area contributed by atoms with Gasteiger partial charge >= 0.3 is 0 Å². The zero-order valence-corrected chi connectivity index (χ0v) is 10.0. The molecule has 2 fully saturated rings. The van der Waals surface area contributed by atoms with Gasteiger partial charge in [-0.2, -0.15) is 0 Å². The normalized spacial score (nSPS) is 22.2. The fraction of sp³-hybridized carbons (Fsp3) is 0.615. The van der Waals surface area contributed by atoms with Crippen LogP contribution in [0.3, 0.4) is 0 Å². The number of ether oxygens (including phenoxy) is 2. The van der Waals surface area contributed by atoms with Crippen molar-refractivity contribution in [2.24, 2.45) is 0 Å². The molecule has 0 unspecified atom stereocenters. The zero-order chi connectivity index (χ0) is 11.9. The third-order valence-corrected chi connectivity index (χ3v) is 2.92. The Morgan fingerprint density at radius 1 is 1.18 bits per heavy atom. The van der Waals surface area contributed by atoms with Gasteiger partial charge in [0.1, 0.15) is 0 Å². The number of rotatable bonds is 4. The van der Waals surface area contributed by atoms with Crippen molar-refractivity contribution >= 4 is 5.91 Å². The summed E-state index contributed by atoms with van der Waals surface area (Å²) in [7, 11) is 0. The molecule has 2 aliphatic rings. The van der Waals surface area contributed by atoms with E-state index in [0.29, 0.717) is 13.2 Å². The van der Waals surface area contributed by atoms with Crippen LogP contribution >= 0.6 is 0 Å². The molecule has 0 spiro atoms. The van der Waals surface area contributed by atoms with Gasteiger partial charge in [0.05, 0.1) is 13.2 Å². The van der Waals surface area contributed by atoms with Crippen molar-refractivity contribution in [2.75, 3.05) is 26.3 Å². The molecule has 2 aliphatic heterocycles. The predicted octanol–water partition coefficient (Wildman–Crippen LogP) is 1.48. The highest BCUT2D eigenvalue weighted by Gasteiger charge is 2.15. The van der Waals surface area contributed by atoms with Gasteiger partial charge in [-0.3, -0.25) is 4.79 Å². The maximum Gasteiger partial charge on any atom is 0.246 e. The van der Waals surface area contributed by atoms with Gasteiger partial charge in [-0.15, -0.1) is 0 Å². The van der Waals surface area contributed by atoms with E-state index in [1.165, 1.54) is 0 Å².